The molecule has 6 nitrogen and oxygen atoms in total. The number of fused-ring (bicyclic) bond motifs is 10. The van der Waals surface area contributed by atoms with Crippen LogP contribution in [0.25, 0.3) is 81.8 Å². The molecular weight excluding hydrogens is 554 g/mol. The van der Waals surface area contributed by atoms with Gasteiger partial charge >= 0.3 is 0 Å². The number of benzene rings is 6. The van der Waals surface area contributed by atoms with Gasteiger partial charge in [0.25, 0.3) is 0 Å². The molecule has 0 bridgehead atoms. The minimum atomic E-state index is 0.571. The zero-order valence-electron chi connectivity index (χ0n) is 23.6. The lowest BCUT2D eigenvalue weighted by Gasteiger charge is -2.13. The number of nitriles is 2. The fourth-order valence-corrected chi connectivity index (χ4v) is 6.82. The van der Waals surface area contributed by atoms with Crippen LogP contribution >= 0.6 is 0 Å². The van der Waals surface area contributed by atoms with Crippen LogP contribution < -0.4 is 0 Å². The van der Waals surface area contributed by atoms with E-state index in [9.17, 15) is 10.5 Å². The third kappa shape index (κ3) is 3.41. The van der Waals surface area contributed by atoms with E-state index in [1.807, 2.05) is 54.6 Å². The molecule has 0 aliphatic rings. The van der Waals surface area contributed by atoms with Crippen LogP contribution in [0.1, 0.15) is 11.1 Å². The zero-order chi connectivity index (χ0) is 30.2. The van der Waals surface area contributed by atoms with Gasteiger partial charge in [-0.15, -0.1) is 0 Å². The quantitative estimate of drug-likeness (QED) is 0.193. The number of para-hydroxylation sites is 1. The summed E-state index contributed by atoms with van der Waals surface area (Å²) >= 11 is 0. The van der Waals surface area contributed by atoms with E-state index in [0.717, 1.165) is 76.9 Å². The zero-order valence-corrected chi connectivity index (χ0v) is 23.6. The van der Waals surface area contributed by atoms with Gasteiger partial charge < -0.3 is 13.6 Å². The second-order valence-electron chi connectivity index (χ2n) is 11.1. The van der Waals surface area contributed by atoms with E-state index >= 15 is 0 Å². The highest BCUT2D eigenvalue weighted by atomic mass is 16.3. The van der Waals surface area contributed by atoms with E-state index in [1.54, 1.807) is 6.07 Å². The summed E-state index contributed by atoms with van der Waals surface area (Å²) in [6.07, 6.45) is 0. The molecule has 45 heavy (non-hydrogen) atoms. The molecule has 6 heteroatoms. The monoisotopic (exact) mass is 573 g/mol. The largest absolute Gasteiger partial charge is 0.454 e. The van der Waals surface area contributed by atoms with Crippen LogP contribution in [0.15, 0.2) is 120 Å². The summed E-state index contributed by atoms with van der Waals surface area (Å²) in [5.41, 5.74) is 9.08. The highest BCUT2D eigenvalue weighted by Crippen LogP contribution is 2.41. The van der Waals surface area contributed by atoms with Crippen molar-refractivity contribution >= 4 is 71.2 Å². The molecule has 0 unspecified atom stereocenters. The lowest BCUT2D eigenvalue weighted by atomic mass is 10.1. The van der Waals surface area contributed by atoms with Crippen LogP contribution in [-0.4, -0.2) is 9.13 Å². The third-order valence-electron chi connectivity index (χ3n) is 8.75. The van der Waals surface area contributed by atoms with Crippen LogP contribution in [0.4, 0.5) is 5.69 Å². The van der Waals surface area contributed by atoms with Gasteiger partial charge in [-0.2, -0.15) is 10.5 Å². The Morgan fingerprint density at radius 1 is 0.556 bits per heavy atom. The van der Waals surface area contributed by atoms with E-state index in [0.29, 0.717) is 16.8 Å². The first-order valence-electron chi connectivity index (χ1n) is 14.4. The van der Waals surface area contributed by atoms with Crippen LogP contribution in [-0.2, 0) is 0 Å². The SMILES string of the molecule is [C-]#[N+]c1ccc2oc3c(ccc4c5ccccc5n(-c5cccc(-n6c7ccc(C#N)cc7c7cc(C#N)ccc76)c5)c43)c2c1. The van der Waals surface area contributed by atoms with Crippen molar-refractivity contribution in [3.63, 3.8) is 0 Å². The Morgan fingerprint density at radius 2 is 1.22 bits per heavy atom. The molecule has 0 saturated heterocycles. The molecule has 0 spiro atoms. The van der Waals surface area contributed by atoms with E-state index in [-0.39, 0.29) is 0 Å². The Bertz CT molecular complexity index is 2790. The molecule has 9 aromatic rings. The van der Waals surface area contributed by atoms with Gasteiger partial charge in [-0.1, -0.05) is 36.4 Å². The van der Waals surface area contributed by atoms with E-state index in [4.69, 9.17) is 11.0 Å². The highest BCUT2D eigenvalue weighted by Gasteiger charge is 2.20. The predicted molar refractivity (Wildman–Crippen MR) is 178 cm³/mol. The van der Waals surface area contributed by atoms with Gasteiger partial charge in [0.15, 0.2) is 11.3 Å². The molecule has 0 amide bonds. The smallest absolute Gasteiger partial charge is 0.188 e. The molecule has 3 aromatic heterocycles. The highest BCUT2D eigenvalue weighted by molar-refractivity contribution is 6.21. The van der Waals surface area contributed by atoms with Gasteiger partial charge in [0.05, 0.1) is 51.9 Å². The van der Waals surface area contributed by atoms with Crippen molar-refractivity contribution in [3.05, 3.63) is 138 Å². The maximum absolute atomic E-state index is 9.62. The van der Waals surface area contributed by atoms with Gasteiger partial charge in [-0.05, 0) is 78.9 Å². The van der Waals surface area contributed by atoms with Crippen molar-refractivity contribution < 1.29 is 4.42 Å². The topological polar surface area (TPSA) is 74.9 Å². The average molecular weight is 574 g/mol. The number of hydrogen-bond donors (Lipinski definition) is 0. The van der Waals surface area contributed by atoms with Gasteiger partial charge in [-0.25, -0.2) is 4.85 Å². The summed E-state index contributed by atoms with van der Waals surface area (Å²) in [4.78, 5) is 3.63. The second-order valence-corrected chi connectivity index (χ2v) is 11.1. The Hall–Kier alpha value is -6.81. The molecule has 0 N–H and O–H groups in total. The Labute approximate surface area is 256 Å². The molecule has 0 saturated carbocycles. The molecule has 0 aliphatic carbocycles. The summed E-state index contributed by atoms with van der Waals surface area (Å²) in [6.45, 7) is 7.51. The van der Waals surface area contributed by atoms with Crippen molar-refractivity contribution in [2.45, 2.75) is 0 Å². The third-order valence-corrected chi connectivity index (χ3v) is 8.75. The Morgan fingerprint density at radius 3 is 1.93 bits per heavy atom. The van der Waals surface area contributed by atoms with Crippen LogP contribution in [0.2, 0.25) is 0 Å². The molecule has 0 atom stereocenters. The summed E-state index contributed by atoms with van der Waals surface area (Å²) in [6, 6.07) is 42.5. The standard InChI is InChI=1S/C39H19N5O/c1-42-25-11-16-37-33(19-25)30-13-12-29-28-7-2-3-8-34(28)44(38(29)39(30)45-37)27-6-4-5-26(20-27)43-35-14-9-23(21-40)17-31(35)32-18-24(22-41)10-15-36(32)43/h2-20H. The fraction of sp³-hybridized carbons (Fsp3) is 0. The summed E-state index contributed by atoms with van der Waals surface area (Å²) in [5, 5.41) is 25.2. The molecule has 9 rings (SSSR count). The molecule has 206 valence electrons. The van der Waals surface area contributed by atoms with E-state index < -0.39 is 0 Å². The van der Waals surface area contributed by atoms with Crippen LogP contribution in [0.3, 0.4) is 0 Å². The van der Waals surface area contributed by atoms with Gasteiger partial charge in [0, 0.05) is 43.7 Å². The van der Waals surface area contributed by atoms with Crippen molar-refractivity contribution in [1.29, 1.82) is 10.5 Å². The van der Waals surface area contributed by atoms with Crippen molar-refractivity contribution in [2.24, 2.45) is 0 Å². The number of furan rings is 1. The van der Waals surface area contributed by atoms with E-state index in [1.165, 1.54) is 0 Å². The lowest BCUT2D eigenvalue weighted by Crippen LogP contribution is -1.98. The fourth-order valence-electron chi connectivity index (χ4n) is 6.82. The molecule has 0 fully saturated rings. The summed E-state index contributed by atoms with van der Waals surface area (Å²) in [5.74, 6) is 0. The number of aromatic nitrogens is 2. The average Bonchev–Trinajstić information content (AvgIpc) is 3.75. The molecular formula is C39H19N5O. The summed E-state index contributed by atoms with van der Waals surface area (Å²) < 4.78 is 11.0. The van der Waals surface area contributed by atoms with Gasteiger partial charge in [0.1, 0.15) is 5.58 Å². The first kappa shape index (κ1) is 24.8. The van der Waals surface area contributed by atoms with Crippen molar-refractivity contribution in [2.75, 3.05) is 0 Å². The lowest BCUT2D eigenvalue weighted by molar-refractivity contribution is 0.671. The first-order chi connectivity index (χ1) is 22.2. The number of nitrogens with zero attached hydrogens (tertiary/aromatic N) is 5. The minimum Gasteiger partial charge on any atom is -0.454 e. The molecule has 6 aromatic carbocycles. The van der Waals surface area contributed by atoms with E-state index in [2.05, 4.69) is 80.7 Å². The normalized spacial score (nSPS) is 11.5. The van der Waals surface area contributed by atoms with Gasteiger partial charge in [-0.3, -0.25) is 0 Å². The summed E-state index contributed by atoms with van der Waals surface area (Å²) in [7, 11) is 0. The first-order valence-corrected chi connectivity index (χ1v) is 14.4. The Balaban J connectivity index is 1.37. The second kappa shape index (κ2) is 9.09. The molecule has 0 radical (unpaired) electrons. The molecule has 0 aliphatic heterocycles. The maximum atomic E-state index is 9.62. The number of hydrogen-bond acceptors (Lipinski definition) is 3. The van der Waals surface area contributed by atoms with Crippen molar-refractivity contribution in [1.82, 2.24) is 9.13 Å². The Kier molecular flexibility index (Phi) is 5.00. The van der Waals surface area contributed by atoms with Gasteiger partial charge in [0.2, 0.25) is 0 Å². The van der Waals surface area contributed by atoms with Crippen molar-refractivity contribution in [3.8, 4) is 23.5 Å². The maximum Gasteiger partial charge on any atom is 0.188 e. The number of rotatable bonds is 2. The van der Waals surface area contributed by atoms with Crippen LogP contribution in [0, 0.1) is 29.2 Å². The predicted octanol–water partition coefficient (Wildman–Crippen LogP) is 10.1. The molecule has 3 heterocycles. The van der Waals surface area contributed by atoms with Crippen LogP contribution in [0.5, 0.6) is 0 Å². The minimum absolute atomic E-state index is 0.571.